The van der Waals surface area contributed by atoms with Gasteiger partial charge in [0.2, 0.25) is 5.91 Å². The van der Waals surface area contributed by atoms with Crippen molar-refractivity contribution in [1.29, 1.82) is 0 Å². The van der Waals surface area contributed by atoms with Gasteiger partial charge in [0.15, 0.2) is 0 Å². The van der Waals surface area contributed by atoms with Gasteiger partial charge < -0.3 is 15.8 Å². The second-order valence-corrected chi connectivity index (χ2v) is 5.55. The van der Waals surface area contributed by atoms with Crippen LogP contribution in [0.15, 0.2) is 18.2 Å². The van der Waals surface area contributed by atoms with Gasteiger partial charge in [0.05, 0.1) is 12.8 Å². The minimum atomic E-state index is 0. The van der Waals surface area contributed by atoms with Crippen LogP contribution < -0.4 is 15.8 Å². The monoisotopic (exact) mass is 312 g/mol. The van der Waals surface area contributed by atoms with Crippen LogP contribution in [0.2, 0.25) is 0 Å². The van der Waals surface area contributed by atoms with Gasteiger partial charge in [0.1, 0.15) is 5.75 Å². The molecule has 1 saturated carbocycles. The number of nitrogens with one attached hydrogen (secondary N) is 1. The average molecular weight is 313 g/mol. The topological polar surface area (TPSA) is 64.3 Å². The maximum Gasteiger partial charge on any atom is 0.224 e. The lowest BCUT2D eigenvalue weighted by Gasteiger charge is -2.21. The third kappa shape index (κ3) is 5.46. The van der Waals surface area contributed by atoms with Crippen molar-refractivity contribution in [3.63, 3.8) is 0 Å². The Morgan fingerprint density at radius 1 is 1.33 bits per heavy atom. The number of anilines is 2. The van der Waals surface area contributed by atoms with E-state index >= 15 is 0 Å². The molecule has 0 heterocycles. The van der Waals surface area contributed by atoms with E-state index in [1.807, 2.05) is 6.07 Å². The first kappa shape index (κ1) is 17.6. The number of nitrogen functional groups attached to an aromatic ring is 1. The summed E-state index contributed by atoms with van der Waals surface area (Å²) in [5.74, 6) is 1.43. The number of ether oxygens (including phenoxy) is 1. The van der Waals surface area contributed by atoms with Crippen molar-refractivity contribution in [1.82, 2.24) is 0 Å². The third-order valence-electron chi connectivity index (χ3n) is 4.02. The van der Waals surface area contributed by atoms with Gasteiger partial charge in [-0.3, -0.25) is 4.79 Å². The molecule has 0 spiro atoms. The second-order valence-electron chi connectivity index (χ2n) is 5.55. The van der Waals surface area contributed by atoms with Gasteiger partial charge in [-0.25, -0.2) is 0 Å². The highest BCUT2D eigenvalue weighted by molar-refractivity contribution is 5.91. The van der Waals surface area contributed by atoms with Crippen LogP contribution in [0.3, 0.4) is 0 Å². The molecule has 1 aliphatic carbocycles. The first-order chi connectivity index (χ1) is 9.69. The number of amides is 1. The first-order valence-corrected chi connectivity index (χ1v) is 7.42. The number of benzene rings is 1. The van der Waals surface area contributed by atoms with Crippen LogP contribution in [-0.4, -0.2) is 13.0 Å². The summed E-state index contributed by atoms with van der Waals surface area (Å²) in [4.78, 5) is 11.9. The standard InChI is InChI=1S/C16H24N2O2.ClH/c1-20-15-9-8-13(11-14(15)17)18-16(19)10-7-12-5-3-2-4-6-12;/h8-9,11-12H,2-7,10,17H2,1H3,(H,18,19);1H. The van der Waals surface area contributed by atoms with Crippen molar-refractivity contribution in [2.45, 2.75) is 44.9 Å². The smallest absolute Gasteiger partial charge is 0.224 e. The molecule has 1 aliphatic rings. The number of rotatable bonds is 5. The second kappa shape index (κ2) is 8.78. The van der Waals surface area contributed by atoms with Crippen LogP contribution in [0.1, 0.15) is 44.9 Å². The highest BCUT2D eigenvalue weighted by atomic mass is 35.5. The van der Waals surface area contributed by atoms with E-state index in [2.05, 4.69) is 5.32 Å². The number of hydrogen-bond acceptors (Lipinski definition) is 3. The van der Waals surface area contributed by atoms with Gasteiger partial charge >= 0.3 is 0 Å². The number of carbonyl (C=O) groups is 1. The fourth-order valence-corrected chi connectivity index (χ4v) is 2.85. The number of nitrogens with two attached hydrogens (primary N) is 1. The van der Waals surface area contributed by atoms with Crippen LogP contribution >= 0.6 is 12.4 Å². The van der Waals surface area contributed by atoms with Crippen molar-refractivity contribution < 1.29 is 9.53 Å². The van der Waals surface area contributed by atoms with Gasteiger partial charge in [-0.15, -0.1) is 12.4 Å². The minimum Gasteiger partial charge on any atom is -0.495 e. The summed E-state index contributed by atoms with van der Waals surface area (Å²) in [5, 5.41) is 2.90. The maximum absolute atomic E-state index is 11.9. The van der Waals surface area contributed by atoms with Crippen molar-refractivity contribution in [3.8, 4) is 5.75 Å². The molecule has 0 radical (unpaired) electrons. The van der Waals surface area contributed by atoms with Gasteiger partial charge in [-0.05, 0) is 30.5 Å². The Kier molecular flexibility index (Phi) is 7.37. The Hall–Kier alpha value is -1.42. The summed E-state index contributed by atoms with van der Waals surface area (Å²) in [5.41, 5.74) is 7.09. The van der Waals surface area contributed by atoms with Crippen LogP contribution in [-0.2, 0) is 4.79 Å². The lowest BCUT2D eigenvalue weighted by atomic mass is 9.86. The van der Waals surface area contributed by atoms with E-state index < -0.39 is 0 Å². The van der Waals surface area contributed by atoms with Crippen LogP contribution in [0.25, 0.3) is 0 Å². The SMILES string of the molecule is COc1ccc(NC(=O)CCC2CCCCC2)cc1N.Cl. The fourth-order valence-electron chi connectivity index (χ4n) is 2.85. The predicted molar refractivity (Wildman–Crippen MR) is 89.1 cm³/mol. The molecule has 21 heavy (non-hydrogen) atoms. The molecule has 2 rings (SSSR count). The Bertz CT molecular complexity index is 460. The van der Waals surface area contributed by atoms with Crippen LogP contribution in [0, 0.1) is 5.92 Å². The molecule has 0 aromatic heterocycles. The van der Waals surface area contributed by atoms with Crippen molar-refractivity contribution in [2.75, 3.05) is 18.2 Å². The third-order valence-corrected chi connectivity index (χ3v) is 4.02. The molecule has 0 aliphatic heterocycles. The summed E-state index contributed by atoms with van der Waals surface area (Å²) in [6.07, 6.45) is 8.15. The fraction of sp³-hybridized carbons (Fsp3) is 0.562. The zero-order chi connectivity index (χ0) is 14.4. The van der Waals surface area contributed by atoms with Crippen molar-refractivity contribution in [3.05, 3.63) is 18.2 Å². The summed E-state index contributed by atoms with van der Waals surface area (Å²) < 4.78 is 5.09. The largest absolute Gasteiger partial charge is 0.495 e. The zero-order valence-electron chi connectivity index (χ0n) is 12.6. The van der Waals surface area contributed by atoms with Gasteiger partial charge in [0, 0.05) is 12.1 Å². The average Bonchev–Trinajstić information content (AvgIpc) is 2.46. The van der Waals surface area contributed by atoms with Crippen molar-refractivity contribution >= 4 is 29.7 Å². The number of methoxy groups -OCH3 is 1. The van der Waals surface area contributed by atoms with Gasteiger partial charge in [-0.1, -0.05) is 32.1 Å². The normalized spacial score (nSPS) is 15.1. The molecule has 4 nitrogen and oxygen atoms in total. The highest BCUT2D eigenvalue weighted by Gasteiger charge is 2.15. The Morgan fingerprint density at radius 3 is 2.67 bits per heavy atom. The summed E-state index contributed by atoms with van der Waals surface area (Å²) in [7, 11) is 1.58. The Morgan fingerprint density at radius 2 is 2.05 bits per heavy atom. The maximum atomic E-state index is 11.9. The van der Waals surface area contributed by atoms with E-state index in [0.29, 0.717) is 17.9 Å². The summed E-state index contributed by atoms with van der Waals surface area (Å²) in [6, 6.07) is 5.32. The predicted octanol–water partition coefficient (Wildman–Crippen LogP) is 4.00. The Balaban J connectivity index is 0.00000220. The molecular weight excluding hydrogens is 288 g/mol. The molecule has 0 bridgehead atoms. The van der Waals surface area contributed by atoms with E-state index in [4.69, 9.17) is 10.5 Å². The molecular formula is C16H25ClN2O2. The van der Waals surface area contributed by atoms with E-state index in [1.165, 1.54) is 32.1 Å². The van der Waals surface area contributed by atoms with E-state index in [0.717, 1.165) is 18.0 Å². The zero-order valence-corrected chi connectivity index (χ0v) is 13.4. The van der Waals surface area contributed by atoms with Gasteiger partial charge in [-0.2, -0.15) is 0 Å². The first-order valence-electron chi connectivity index (χ1n) is 7.42. The molecule has 0 unspecified atom stereocenters. The molecule has 3 N–H and O–H groups in total. The lowest BCUT2D eigenvalue weighted by Crippen LogP contribution is -2.15. The summed E-state index contributed by atoms with van der Waals surface area (Å²) >= 11 is 0. The Labute approximate surface area is 132 Å². The van der Waals surface area contributed by atoms with Crippen LogP contribution in [0.5, 0.6) is 5.75 Å². The summed E-state index contributed by atoms with van der Waals surface area (Å²) in [6.45, 7) is 0. The molecule has 5 heteroatoms. The van der Waals surface area contributed by atoms with Crippen LogP contribution in [0.4, 0.5) is 11.4 Å². The van der Waals surface area contributed by atoms with E-state index in [1.54, 1.807) is 19.2 Å². The number of halogens is 1. The molecule has 0 saturated heterocycles. The molecule has 1 amide bonds. The lowest BCUT2D eigenvalue weighted by molar-refractivity contribution is -0.116. The quantitative estimate of drug-likeness (QED) is 0.808. The molecule has 0 atom stereocenters. The van der Waals surface area contributed by atoms with E-state index in [-0.39, 0.29) is 18.3 Å². The number of hydrogen-bond donors (Lipinski definition) is 2. The molecule has 1 aromatic carbocycles. The number of carbonyl (C=O) groups excluding carboxylic acids is 1. The van der Waals surface area contributed by atoms with Crippen molar-refractivity contribution in [2.24, 2.45) is 5.92 Å². The van der Waals surface area contributed by atoms with E-state index in [9.17, 15) is 4.79 Å². The van der Waals surface area contributed by atoms with Gasteiger partial charge in [0.25, 0.3) is 0 Å². The molecule has 1 fully saturated rings. The highest BCUT2D eigenvalue weighted by Crippen LogP contribution is 2.28. The molecule has 1 aromatic rings. The molecule has 118 valence electrons. The minimum absolute atomic E-state index is 0.